The minimum Gasteiger partial charge on any atom is -0.465 e. The molecule has 2 rings (SSSR count). The summed E-state index contributed by atoms with van der Waals surface area (Å²) < 4.78 is 4.66. The van der Waals surface area contributed by atoms with Crippen molar-refractivity contribution in [2.45, 2.75) is 6.42 Å². The third-order valence-electron chi connectivity index (χ3n) is 2.52. The van der Waals surface area contributed by atoms with Gasteiger partial charge >= 0.3 is 5.97 Å². The number of ether oxygens (including phenoxy) is 1. The first kappa shape index (κ1) is 12.8. The maximum atomic E-state index is 11.8. The lowest BCUT2D eigenvalue weighted by Crippen LogP contribution is -2.17. The molecule has 0 saturated carbocycles. The Hall–Kier alpha value is -2.63. The molecule has 0 spiro atoms. The molecule has 0 unspecified atom stereocenters. The van der Waals surface area contributed by atoms with Crippen molar-refractivity contribution in [1.82, 2.24) is 10.2 Å². The quantitative estimate of drug-likeness (QED) is 0.812. The summed E-state index contributed by atoms with van der Waals surface area (Å²) in [6, 6.07) is 8.40. The smallest absolute Gasteiger partial charge is 0.339 e. The molecular formula is C13H13N3O3. The van der Waals surface area contributed by atoms with E-state index in [1.165, 1.54) is 7.11 Å². The SMILES string of the molecule is COC(=O)c1ccccc1NC(=O)Cc1ccn[nH]1. The average Bonchev–Trinajstić information content (AvgIpc) is 2.91. The Morgan fingerprint density at radius 2 is 2.11 bits per heavy atom. The first-order valence-electron chi connectivity index (χ1n) is 5.66. The van der Waals surface area contributed by atoms with Gasteiger partial charge in [0.05, 0.1) is 24.8 Å². The standard InChI is InChI=1S/C13H13N3O3/c1-19-13(18)10-4-2-3-5-11(10)15-12(17)8-9-6-7-14-16-9/h2-7H,8H2,1H3,(H,14,16)(H,15,17). The number of esters is 1. The highest BCUT2D eigenvalue weighted by Crippen LogP contribution is 2.16. The third-order valence-corrected chi connectivity index (χ3v) is 2.52. The lowest BCUT2D eigenvalue weighted by molar-refractivity contribution is -0.115. The van der Waals surface area contributed by atoms with Gasteiger partial charge in [0.1, 0.15) is 0 Å². The van der Waals surface area contributed by atoms with Gasteiger partial charge in [-0.1, -0.05) is 12.1 Å². The molecule has 6 nitrogen and oxygen atoms in total. The van der Waals surface area contributed by atoms with Crippen LogP contribution in [-0.4, -0.2) is 29.2 Å². The van der Waals surface area contributed by atoms with Crippen LogP contribution in [0.25, 0.3) is 0 Å². The van der Waals surface area contributed by atoms with E-state index in [0.717, 1.165) is 0 Å². The molecule has 1 amide bonds. The predicted octanol–water partition coefficient (Wildman–Crippen LogP) is 1.38. The second-order valence-corrected chi connectivity index (χ2v) is 3.84. The van der Waals surface area contributed by atoms with E-state index < -0.39 is 5.97 Å². The first-order valence-corrected chi connectivity index (χ1v) is 5.66. The molecule has 6 heteroatoms. The zero-order valence-corrected chi connectivity index (χ0v) is 10.3. The average molecular weight is 259 g/mol. The van der Waals surface area contributed by atoms with Gasteiger partial charge in [0.25, 0.3) is 0 Å². The fraction of sp³-hybridized carbons (Fsp3) is 0.154. The number of hydrogen-bond acceptors (Lipinski definition) is 4. The molecule has 1 aromatic heterocycles. The van der Waals surface area contributed by atoms with E-state index in [2.05, 4.69) is 20.3 Å². The van der Waals surface area contributed by atoms with Crippen LogP contribution in [0.5, 0.6) is 0 Å². The second-order valence-electron chi connectivity index (χ2n) is 3.84. The molecule has 1 heterocycles. The molecule has 0 saturated heterocycles. The maximum absolute atomic E-state index is 11.8. The van der Waals surface area contributed by atoms with Crippen LogP contribution in [0.15, 0.2) is 36.5 Å². The third kappa shape index (κ3) is 3.19. The maximum Gasteiger partial charge on any atom is 0.339 e. The minimum atomic E-state index is -0.488. The zero-order chi connectivity index (χ0) is 13.7. The molecule has 1 aromatic carbocycles. The summed E-state index contributed by atoms with van der Waals surface area (Å²) in [5.74, 6) is -0.724. The molecule has 2 N–H and O–H groups in total. The molecule has 0 fully saturated rings. The lowest BCUT2D eigenvalue weighted by atomic mass is 10.1. The second kappa shape index (κ2) is 5.81. The van der Waals surface area contributed by atoms with E-state index in [-0.39, 0.29) is 12.3 Å². The lowest BCUT2D eigenvalue weighted by Gasteiger charge is -2.08. The van der Waals surface area contributed by atoms with Crippen LogP contribution in [0.2, 0.25) is 0 Å². The topological polar surface area (TPSA) is 84.1 Å². The molecule has 0 aliphatic carbocycles. The fourth-order valence-electron chi connectivity index (χ4n) is 1.63. The largest absolute Gasteiger partial charge is 0.465 e. The van der Waals surface area contributed by atoms with Crippen LogP contribution < -0.4 is 5.32 Å². The van der Waals surface area contributed by atoms with Crippen molar-refractivity contribution in [3.8, 4) is 0 Å². The van der Waals surface area contributed by atoms with Crippen molar-refractivity contribution in [3.63, 3.8) is 0 Å². The molecule has 0 aliphatic rings. The Bertz CT molecular complexity index is 579. The molecule has 19 heavy (non-hydrogen) atoms. The van der Waals surface area contributed by atoms with Gasteiger partial charge in [-0.3, -0.25) is 9.89 Å². The van der Waals surface area contributed by atoms with Crippen LogP contribution in [0, 0.1) is 0 Å². The van der Waals surface area contributed by atoms with Crippen molar-refractivity contribution in [1.29, 1.82) is 0 Å². The number of methoxy groups -OCH3 is 1. The van der Waals surface area contributed by atoms with Crippen LogP contribution in [0.4, 0.5) is 5.69 Å². The Morgan fingerprint density at radius 1 is 1.32 bits per heavy atom. The van der Waals surface area contributed by atoms with Gasteiger partial charge in [-0.15, -0.1) is 0 Å². The van der Waals surface area contributed by atoms with E-state index >= 15 is 0 Å². The summed E-state index contributed by atoms with van der Waals surface area (Å²) in [7, 11) is 1.30. The number of H-pyrrole nitrogens is 1. The van der Waals surface area contributed by atoms with Crippen LogP contribution in [0.3, 0.4) is 0 Å². The van der Waals surface area contributed by atoms with Gasteiger partial charge in [-0.25, -0.2) is 4.79 Å². The number of amides is 1. The number of carbonyl (C=O) groups is 2. The summed E-state index contributed by atoms with van der Waals surface area (Å²) in [5, 5.41) is 9.14. The van der Waals surface area contributed by atoms with Gasteiger partial charge < -0.3 is 10.1 Å². The van der Waals surface area contributed by atoms with Crippen molar-refractivity contribution >= 4 is 17.6 Å². The van der Waals surface area contributed by atoms with Crippen LogP contribution in [-0.2, 0) is 16.0 Å². The highest BCUT2D eigenvalue weighted by atomic mass is 16.5. The molecule has 0 bridgehead atoms. The number of hydrogen-bond donors (Lipinski definition) is 2. The number of carbonyl (C=O) groups excluding carboxylic acids is 2. The van der Waals surface area contributed by atoms with Crippen molar-refractivity contribution in [3.05, 3.63) is 47.8 Å². The number of anilines is 1. The molecule has 0 atom stereocenters. The number of rotatable bonds is 4. The number of para-hydroxylation sites is 1. The van der Waals surface area contributed by atoms with Gasteiger partial charge in [-0.2, -0.15) is 5.10 Å². The molecule has 98 valence electrons. The van der Waals surface area contributed by atoms with Gasteiger partial charge in [0, 0.05) is 11.9 Å². The van der Waals surface area contributed by atoms with E-state index in [0.29, 0.717) is 16.9 Å². The summed E-state index contributed by atoms with van der Waals surface area (Å²) in [6.07, 6.45) is 1.74. The Balaban J connectivity index is 2.10. The number of nitrogens with zero attached hydrogens (tertiary/aromatic N) is 1. The molecular weight excluding hydrogens is 246 g/mol. The summed E-state index contributed by atoms with van der Waals surface area (Å²) in [5.41, 5.74) is 1.45. The monoisotopic (exact) mass is 259 g/mol. The Labute approximate surface area is 109 Å². The van der Waals surface area contributed by atoms with Gasteiger partial charge in [0.15, 0.2) is 0 Å². The highest BCUT2D eigenvalue weighted by molar-refractivity contribution is 6.01. The van der Waals surface area contributed by atoms with Crippen LogP contribution >= 0.6 is 0 Å². The Morgan fingerprint density at radius 3 is 2.79 bits per heavy atom. The van der Waals surface area contributed by atoms with Gasteiger partial charge in [0.2, 0.25) is 5.91 Å². The number of aromatic nitrogens is 2. The fourth-order valence-corrected chi connectivity index (χ4v) is 1.63. The van der Waals surface area contributed by atoms with Crippen LogP contribution in [0.1, 0.15) is 16.1 Å². The number of nitrogens with one attached hydrogen (secondary N) is 2. The number of aromatic amines is 1. The zero-order valence-electron chi connectivity index (χ0n) is 10.3. The van der Waals surface area contributed by atoms with Gasteiger partial charge in [-0.05, 0) is 18.2 Å². The normalized spacial score (nSPS) is 9.95. The molecule has 2 aromatic rings. The van der Waals surface area contributed by atoms with E-state index in [1.54, 1.807) is 36.5 Å². The Kier molecular flexibility index (Phi) is 3.92. The summed E-state index contributed by atoms with van der Waals surface area (Å²) in [4.78, 5) is 23.4. The highest BCUT2D eigenvalue weighted by Gasteiger charge is 2.13. The first-order chi connectivity index (χ1) is 9.20. The summed E-state index contributed by atoms with van der Waals surface area (Å²) >= 11 is 0. The molecule has 0 radical (unpaired) electrons. The van der Waals surface area contributed by atoms with E-state index in [9.17, 15) is 9.59 Å². The number of benzene rings is 1. The van der Waals surface area contributed by atoms with Crippen molar-refractivity contribution < 1.29 is 14.3 Å². The van der Waals surface area contributed by atoms with E-state index in [4.69, 9.17) is 0 Å². The summed E-state index contributed by atoms with van der Waals surface area (Å²) in [6.45, 7) is 0. The van der Waals surface area contributed by atoms with Crippen molar-refractivity contribution in [2.75, 3.05) is 12.4 Å². The molecule has 0 aliphatic heterocycles. The predicted molar refractivity (Wildman–Crippen MR) is 68.7 cm³/mol. The minimum absolute atomic E-state index is 0.162. The van der Waals surface area contributed by atoms with E-state index in [1.807, 2.05) is 0 Å². The van der Waals surface area contributed by atoms with Crippen molar-refractivity contribution in [2.24, 2.45) is 0 Å².